The van der Waals surface area contributed by atoms with Gasteiger partial charge in [0.1, 0.15) is 5.75 Å². The number of nitrogens with one attached hydrogen (secondary N) is 2. The minimum absolute atomic E-state index is 0.0902. The van der Waals surface area contributed by atoms with Gasteiger partial charge in [-0.1, -0.05) is 15.9 Å². The van der Waals surface area contributed by atoms with E-state index in [1.54, 1.807) is 7.11 Å². The number of anilines is 2. The van der Waals surface area contributed by atoms with Crippen molar-refractivity contribution in [2.24, 2.45) is 0 Å². The Labute approximate surface area is 132 Å². The van der Waals surface area contributed by atoms with Crippen LogP contribution in [0, 0.1) is 6.92 Å². The van der Waals surface area contributed by atoms with E-state index in [0.29, 0.717) is 0 Å². The predicted octanol–water partition coefficient (Wildman–Crippen LogP) is 3.82. The van der Waals surface area contributed by atoms with E-state index in [2.05, 4.69) is 26.6 Å². The first-order valence-electron chi connectivity index (χ1n) is 6.52. The van der Waals surface area contributed by atoms with Gasteiger partial charge in [0.15, 0.2) is 0 Å². The van der Waals surface area contributed by atoms with E-state index < -0.39 is 0 Å². The van der Waals surface area contributed by atoms with Crippen molar-refractivity contribution in [1.29, 1.82) is 0 Å². The number of hydrogen-bond acceptors (Lipinski definition) is 3. The zero-order valence-corrected chi connectivity index (χ0v) is 13.5. The van der Waals surface area contributed by atoms with E-state index in [1.165, 1.54) is 0 Å². The highest BCUT2D eigenvalue weighted by Crippen LogP contribution is 2.20. The molecule has 0 unspecified atom stereocenters. The number of benzene rings is 2. The molecule has 1 amide bonds. The number of methoxy groups -OCH3 is 1. The van der Waals surface area contributed by atoms with Crippen molar-refractivity contribution in [2.75, 3.05) is 24.3 Å². The average Bonchev–Trinajstić information content (AvgIpc) is 2.48. The Kier molecular flexibility index (Phi) is 5.22. The molecule has 0 radical (unpaired) electrons. The largest absolute Gasteiger partial charge is 0.497 e. The first kappa shape index (κ1) is 15.4. The molecule has 110 valence electrons. The molecule has 5 heteroatoms. The Morgan fingerprint density at radius 1 is 1.19 bits per heavy atom. The molecule has 21 heavy (non-hydrogen) atoms. The van der Waals surface area contributed by atoms with Crippen LogP contribution in [0.15, 0.2) is 46.9 Å². The molecule has 0 spiro atoms. The van der Waals surface area contributed by atoms with E-state index in [9.17, 15) is 4.79 Å². The normalized spacial score (nSPS) is 10.0. The number of amides is 1. The zero-order chi connectivity index (χ0) is 15.2. The van der Waals surface area contributed by atoms with Crippen LogP contribution in [0.25, 0.3) is 0 Å². The summed E-state index contributed by atoms with van der Waals surface area (Å²) >= 11 is 3.36. The lowest BCUT2D eigenvalue weighted by molar-refractivity contribution is -0.114. The first-order chi connectivity index (χ1) is 10.1. The summed E-state index contributed by atoms with van der Waals surface area (Å²) in [4.78, 5) is 11.9. The van der Waals surface area contributed by atoms with E-state index >= 15 is 0 Å². The zero-order valence-electron chi connectivity index (χ0n) is 11.9. The fourth-order valence-corrected chi connectivity index (χ4v) is 2.14. The Balaban J connectivity index is 1.90. The van der Waals surface area contributed by atoms with Crippen LogP contribution >= 0.6 is 15.9 Å². The summed E-state index contributed by atoms with van der Waals surface area (Å²) in [6.07, 6.45) is 0. The van der Waals surface area contributed by atoms with Gasteiger partial charge >= 0.3 is 0 Å². The van der Waals surface area contributed by atoms with Crippen LogP contribution < -0.4 is 15.4 Å². The maximum Gasteiger partial charge on any atom is 0.243 e. The molecule has 2 aromatic rings. The van der Waals surface area contributed by atoms with Gasteiger partial charge in [0.25, 0.3) is 0 Å². The molecule has 0 atom stereocenters. The lowest BCUT2D eigenvalue weighted by Gasteiger charge is -2.11. The van der Waals surface area contributed by atoms with Crippen molar-refractivity contribution in [3.05, 3.63) is 52.5 Å². The second kappa shape index (κ2) is 7.13. The fourth-order valence-electron chi connectivity index (χ4n) is 1.88. The number of hydrogen-bond donors (Lipinski definition) is 2. The summed E-state index contributed by atoms with van der Waals surface area (Å²) in [5.41, 5.74) is 2.73. The van der Waals surface area contributed by atoms with Crippen LogP contribution in [0.5, 0.6) is 5.75 Å². The standard InChI is InChI=1S/C16H17BrN2O2/c1-11-9-14(21-2)7-8-15(11)18-10-16(20)19-13-5-3-12(17)4-6-13/h3-9,18H,10H2,1-2H3,(H,19,20). The second-order valence-corrected chi connectivity index (χ2v) is 5.51. The van der Waals surface area contributed by atoms with Crippen molar-refractivity contribution in [3.8, 4) is 5.75 Å². The molecule has 0 saturated heterocycles. The lowest BCUT2D eigenvalue weighted by Crippen LogP contribution is -2.22. The quantitative estimate of drug-likeness (QED) is 0.863. The van der Waals surface area contributed by atoms with Crippen LogP contribution in [0.1, 0.15) is 5.56 Å². The van der Waals surface area contributed by atoms with Crippen LogP contribution in [-0.2, 0) is 4.79 Å². The van der Waals surface area contributed by atoms with E-state index in [1.807, 2.05) is 49.4 Å². The summed E-state index contributed by atoms with van der Waals surface area (Å²) in [7, 11) is 1.63. The third-order valence-electron chi connectivity index (χ3n) is 3.00. The predicted molar refractivity (Wildman–Crippen MR) is 89.0 cm³/mol. The highest BCUT2D eigenvalue weighted by molar-refractivity contribution is 9.10. The van der Waals surface area contributed by atoms with Crippen LogP contribution in [-0.4, -0.2) is 19.6 Å². The maximum absolute atomic E-state index is 11.9. The monoisotopic (exact) mass is 348 g/mol. The Morgan fingerprint density at radius 2 is 1.90 bits per heavy atom. The molecule has 0 heterocycles. The van der Waals surface area contributed by atoms with Crippen molar-refractivity contribution in [2.45, 2.75) is 6.92 Å². The third kappa shape index (κ3) is 4.49. The van der Waals surface area contributed by atoms with Gasteiger partial charge in [-0.05, 0) is 55.0 Å². The van der Waals surface area contributed by atoms with Gasteiger partial charge in [-0.15, -0.1) is 0 Å². The third-order valence-corrected chi connectivity index (χ3v) is 3.53. The SMILES string of the molecule is COc1ccc(NCC(=O)Nc2ccc(Br)cc2)c(C)c1. The van der Waals surface area contributed by atoms with Crippen molar-refractivity contribution in [1.82, 2.24) is 0 Å². The van der Waals surface area contributed by atoms with E-state index in [0.717, 1.165) is 27.2 Å². The second-order valence-electron chi connectivity index (χ2n) is 4.59. The molecule has 0 aliphatic heterocycles. The van der Waals surface area contributed by atoms with Gasteiger partial charge in [0, 0.05) is 15.8 Å². The highest BCUT2D eigenvalue weighted by atomic mass is 79.9. The van der Waals surface area contributed by atoms with Gasteiger partial charge in [0.2, 0.25) is 5.91 Å². The number of carbonyl (C=O) groups excluding carboxylic acids is 1. The Bertz CT molecular complexity index is 627. The molecule has 0 aliphatic rings. The minimum Gasteiger partial charge on any atom is -0.497 e. The molecule has 0 bridgehead atoms. The summed E-state index contributed by atoms with van der Waals surface area (Å²) < 4.78 is 6.13. The number of rotatable bonds is 5. The Hall–Kier alpha value is -2.01. The maximum atomic E-state index is 11.9. The molecule has 2 aromatic carbocycles. The molecule has 4 nitrogen and oxygen atoms in total. The smallest absolute Gasteiger partial charge is 0.243 e. The van der Waals surface area contributed by atoms with E-state index in [-0.39, 0.29) is 12.5 Å². The molecule has 0 aromatic heterocycles. The van der Waals surface area contributed by atoms with Crippen molar-refractivity contribution >= 4 is 33.2 Å². The van der Waals surface area contributed by atoms with Gasteiger partial charge in [-0.25, -0.2) is 0 Å². The highest BCUT2D eigenvalue weighted by Gasteiger charge is 2.04. The molecule has 2 N–H and O–H groups in total. The van der Waals surface area contributed by atoms with Crippen LogP contribution in [0.4, 0.5) is 11.4 Å². The number of ether oxygens (including phenoxy) is 1. The summed E-state index contributed by atoms with van der Waals surface area (Å²) in [6.45, 7) is 2.18. The van der Waals surface area contributed by atoms with Crippen LogP contribution in [0.3, 0.4) is 0 Å². The van der Waals surface area contributed by atoms with Gasteiger partial charge in [-0.3, -0.25) is 4.79 Å². The van der Waals surface area contributed by atoms with Crippen molar-refractivity contribution < 1.29 is 9.53 Å². The summed E-state index contributed by atoms with van der Waals surface area (Å²) in [5, 5.41) is 5.95. The van der Waals surface area contributed by atoms with Gasteiger partial charge in [0.05, 0.1) is 13.7 Å². The summed E-state index contributed by atoms with van der Waals surface area (Å²) in [5.74, 6) is 0.713. The van der Waals surface area contributed by atoms with E-state index in [4.69, 9.17) is 4.74 Å². The fraction of sp³-hybridized carbons (Fsp3) is 0.188. The average molecular weight is 349 g/mol. The molecular formula is C16H17BrN2O2. The van der Waals surface area contributed by atoms with Gasteiger partial charge in [-0.2, -0.15) is 0 Å². The molecule has 0 aliphatic carbocycles. The van der Waals surface area contributed by atoms with Crippen LogP contribution in [0.2, 0.25) is 0 Å². The van der Waals surface area contributed by atoms with Gasteiger partial charge < -0.3 is 15.4 Å². The molecule has 2 rings (SSSR count). The lowest BCUT2D eigenvalue weighted by atomic mass is 10.2. The van der Waals surface area contributed by atoms with Crippen molar-refractivity contribution in [3.63, 3.8) is 0 Å². The molecule has 0 saturated carbocycles. The number of halogens is 1. The number of carbonyl (C=O) groups is 1. The summed E-state index contributed by atoms with van der Waals surface area (Å²) in [6, 6.07) is 13.2. The molecular weight excluding hydrogens is 332 g/mol. The topological polar surface area (TPSA) is 50.4 Å². The Morgan fingerprint density at radius 3 is 2.52 bits per heavy atom. The number of aryl methyl sites for hydroxylation is 1. The molecule has 0 fully saturated rings. The first-order valence-corrected chi connectivity index (χ1v) is 7.31. The minimum atomic E-state index is -0.0902.